The Morgan fingerprint density at radius 1 is 1.23 bits per heavy atom. The lowest BCUT2D eigenvalue weighted by atomic mass is 9.45. The highest BCUT2D eigenvalue weighted by molar-refractivity contribution is 5.81. The number of likely N-dealkylation sites (N-methyl/N-ethyl adjacent to an activating group) is 3. The molecule has 3 N–H and O–H groups in total. The summed E-state index contributed by atoms with van der Waals surface area (Å²) in [5.74, 6) is 2.08. The second kappa shape index (κ2) is 11.8. The number of nitrogens with zero attached hydrogens (tertiary/aromatic N) is 4. The Hall–Kier alpha value is -2.86. The monoisotopic (exact) mass is 610 g/mol. The molecular formula is C33H50N6O5. The predicted octanol–water partition coefficient (Wildman–Crippen LogP) is 1.79. The fraction of sp³-hybridized carbons (Fsp3) is 0.697. The predicted molar refractivity (Wildman–Crippen MR) is 168 cm³/mol. The maximum absolute atomic E-state index is 14.0. The van der Waals surface area contributed by atoms with Crippen LogP contribution >= 0.6 is 0 Å². The average Bonchev–Trinajstić information content (AvgIpc) is 3.35. The van der Waals surface area contributed by atoms with Gasteiger partial charge in [-0.25, -0.2) is 4.79 Å². The van der Waals surface area contributed by atoms with E-state index in [1.165, 1.54) is 11.1 Å². The molecule has 1 aromatic carbocycles. The normalized spacial score (nSPS) is 31.6. The zero-order valence-electron chi connectivity index (χ0n) is 27.2. The van der Waals surface area contributed by atoms with Crippen molar-refractivity contribution in [2.24, 2.45) is 11.1 Å². The van der Waals surface area contributed by atoms with Crippen LogP contribution in [0.15, 0.2) is 24.0 Å². The number of carbonyl (C=O) groups is 2. The van der Waals surface area contributed by atoms with Crippen LogP contribution in [-0.2, 0) is 21.4 Å². The molecule has 6 atom stereocenters. The summed E-state index contributed by atoms with van der Waals surface area (Å²) in [7, 11) is 9.76. The van der Waals surface area contributed by atoms with E-state index in [0.29, 0.717) is 44.4 Å². The molecule has 5 aliphatic rings. The molecule has 44 heavy (non-hydrogen) atoms. The number of methoxy groups -OCH3 is 1. The van der Waals surface area contributed by atoms with Gasteiger partial charge in [-0.05, 0) is 91.1 Å². The van der Waals surface area contributed by atoms with Crippen molar-refractivity contribution < 1.29 is 23.8 Å². The van der Waals surface area contributed by atoms with Crippen molar-refractivity contribution in [3.8, 4) is 11.5 Å². The van der Waals surface area contributed by atoms with Gasteiger partial charge < -0.3 is 40.0 Å². The molecule has 3 heterocycles. The molecule has 0 radical (unpaired) electrons. The van der Waals surface area contributed by atoms with Gasteiger partial charge in [-0.2, -0.15) is 0 Å². The van der Waals surface area contributed by atoms with E-state index in [0.717, 1.165) is 50.3 Å². The first-order valence-corrected chi connectivity index (χ1v) is 16.1. The highest BCUT2D eigenvalue weighted by atomic mass is 16.6. The second-order valence-corrected chi connectivity index (χ2v) is 13.9. The van der Waals surface area contributed by atoms with Crippen molar-refractivity contribution in [2.45, 2.75) is 68.7 Å². The van der Waals surface area contributed by atoms with Crippen LogP contribution in [0.25, 0.3) is 0 Å². The number of benzene rings is 1. The minimum absolute atomic E-state index is 0.0469. The Labute approximate surface area is 261 Å². The number of piperidine rings is 1. The molecule has 1 spiro atoms. The first-order chi connectivity index (χ1) is 21.0. The average molecular weight is 611 g/mol. The first kappa shape index (κ1) is 31.1. The van der Waals surface area contributed by atoms with Crippen molar-refractivity contribution in [1.82, 2.24) is 24.9 Å². The highest BCUT2D eigenvalue weighted by Gasteiger charge is 2.70. The van der Waals surface area contributed by atoms with Gasteiger partial charge >= 0.3 is 6.09 Å². The van der Waals surface area contributed by atoms with E-state index >= 15 is 0 Å². The van der Waals surface area contributed by atoms with Crippen LogP contribution < -0.4 is 20.5 Å². The van der Waals surface area contributed by atoms with E-state index < -0.39 is 6.10 Å². The number of rotatable bonds is 9. The van der Waals surface area contributed by atoms with Crippen molar-refractivity contribution in [3.63, 3.8) is 0 Å². The minimum Gasteiger partial charge on any atom is -0.493 e. The Balaban J connectivity index is 1.24. The van der Waals surface area contributed by atoms with Crippen LogP contribution in [0.5, 0.6) is 11.5 Å². The zero-order valence-corrected chi connectivity index (χ0v) is 27.2. The molecule has 1 unspecified atom stereocenters. The zero-order chi connectivity index (χ0) is 31.4. The number of nitrogens with two attached hydrogens (primary N) is 1. The van der Waals surface area contributed by atoms with E-state index in [9.17, 15) is 9.59 Å². The number of allylic oxidation sites excluding steroid dienone is 1. The largest absolute Gasteiger partial charge is 0.493 e. The molecule has 11 nitrogen and oxygen atoms in total. The number of nitrogens with one attached hydrogen (secondary N) is 1. The van der Waals surface area contributed by atoms with Gasteiger partial charge in [0.1, 0.15) is 5.76 Å². The summed E-state index contributed by atoms with van der Waals surface area (Å²) in [4.78, 5) is 35.5. The van der Waals surface area contributed by atoms with E-state index in [-0.39, 0.29) is 34.9 Å². The number of ether oxygens (including phenoxy) is 3. The number of piperazine rings is 1. The molecular weight excluding hydrogens is 560 g/mol. The van der Waals surface area contributed by atoms with Gasteiger partial charge in [0.15, 0.2) is 17.6 Å². The fourth-order valence-electron chi connectivity index (χ4n) is 8.89. The summed E-state index contributed by atoms with van der Waals surface area (Å²) >= 11 is 0. The molecule has 2 saturated heterocycles. The maximum Gasteiger partial charge on any atom is 0.415 e. The van der Waals surface area contributed by atoms with Crippen molar-refractivity contribution in [3.05, 3.63) is 35.1 Å². The Bertz CT molecular complexity index is 1320. The lowest BCUT2D eigenvalue weighted by molar-refractivity contribution is -0.126. The lowest BCUT2D eigenvalue weighted by Crippen LogP contribution is -2.69. The van der Waals surface area contributed by atoms with Crippen LogP contribution in [0.4, 0.5) is 4.79 Å². The third-order valence-electron chi connectivity index (χ3n) is 11.3. The van der Waals surface area contributed by atoms with Crippen molar-refractivity contribution in [2.75, 3.05) is 74.6 Å². The molecule has 3 aliphatic heterocycles. The Morgan fingerprint density at radius 3 is 2.75 bits per heavy atom. The number of amides is 2. The van der Waals surface area contributed by atoms with Crippen LogP contribution in [0.3, 0.4) is 0 Å². The van der Waals surface area contributed by atoms with E-state index in [2.05, 4.69) is 41.2 Å². The van der Waals surface area contributed by atoms with Gasteiger partial charge in [0.2, 0.25) is 5.91 Å². The van der Waals surface area contributed by atoms with Gasteiger partial charge in [-0.3, -0.25) is 9.69 Å². The smallest absolute Gasteiger partial charge is 0.415 e. The molecule has 6 rings (SSSR count). The van der Waals surface area contributed by atoms with Crippen LogP contribution in [0.1, 0.15) is 43.7 Å². The standard InChI is InChI=1S/C33H50N6O5/c1-32-12-11-25(29-33(32)13-15-38(5)26(32)18-21-9-10-24(42-6)28(44-29)27(21)33)43-31(41)39-17-16-37(4)20-22(39)19-35-30(40)23(36(2)3)8-7-14-34/h9-11,22-23,26,29H,7-8,12-20,34H2,1-6H3,(H,35,40)/t22?,23-,26+,29-,32-,33-/m0/s1. The summed E-state index contributed by atoms with van der Waals surface area (Å²) in [6, 6.07) is 4.09. The molecule has 242 valence electrons. The second-order valence-electron chi connectivity index (χ2n) is 13.9. The molecule has 0 saturated carbocycles. The van der Waals surface area contributed by atoms with Crippen LogP contribution in [-0.4, -0.2) is 130 Å². The molecule has 11 heteroatoms. The van der Waals surface area contributed by atoms with E-state index in [4.69, 9.17) is 19.9 Å². The summed E-state index contributed by atoms with van der Waals surface area (Å²) in [5.41, 5.74) is 7.89. The van der Waals surface area contributed by atoms with Gasteiger partial charge in [0.05, 0.1) is 24.6 Å². The third-order valence-corrected chi connectivity index (χ3v) is 11.3. The highest BCUT2D eigenvalue weighted by Crippen LogP contribution is 2.68. The number of likely N-dealkylation sites (tertiary alicyclic amines) is 1. The summed E-state index contributed by atoms with van der Waals surface area (Å²) < 4.78 is 18.9. The third kappa shape index (κ3) is 4.78. The fourth-order valence-corrected chi connectivity index (χ4v) is 8.89. The summed E-state index contributed by atoms with van der Waals surface area (Å²) in [5, 5.41) is 3.11. The van der Waals surface area contributed by atoms with Gasteiger partial charge in [-0.1, -0.05) is 13.0 Å². The van der Waals surface area contributed by atoms with Gasteiger partial charge in [0.25, 0.3) is 0 Å². The summed E-state index contributed by atoms with van der Waals surface area (Å²) in [6.45, 7) is 6.14. The minimum atomic E-state index is -0.402. The first-order valence-electron chi connectivity index (χ1n) is 16.1. The maximum atomic E-state index is 14.0. The molecule has 1 aromatic rings. The van der Waals surface area contributed by atoms with Gasteiger partial charge in [-0.15, -0.1) is 0 Å². The van der Waals surface area contributed by atoms with E-state index in [1.807, 2.05) is 32.1 Å². The van der Waals surface area contributed by atoms with Crippen LogP contribution in [0.2, 0.25) is 0 Å². The molecule has 2 amide bonds. The lowest BCUT2D eigenvalue weighted by Gasteiger charge is -2.63. The summed E-state index contributed by atoms with van der Waals surface area (Å²) in [6.07, 6.45) is 5.46. The molecule has 0 aromatic heterocycles. The Morgan fingerprint density at radius 2 is 2.02 bits per heavy atom. The topological polar surface area (TPSA) is 113 Å². The molecule has 2 fully saturated rings. The van der Waals surface area contributed by atoms with Crippen molar-refractivity contribution in [1.29, 1.82) is 0 Å². The number of carbonyl (C=O) groups excluding carboxylic acids is 2. The molecule has 2 aliphatic carbocycles. The van der Waals surface area contributed by atoms with Crippen molar-refractivity contribution >= 4 is 12.0 Å². The SMILES string of the molecule is COc1ccc2c3c1O[C@H]1C(OC(=O)N4CCN(C)CC4CNC(=O)[C@H](CCCN)N(C)C)=CC[C@@]4(C)[C@@H](C2)N(C)CC[C@]314. The Kier molecular flexibility index (Phi) is 8.36. The quantitative estimate of drug-likeness (QED) is 0.432. The molecule has 2 bridgehead atoms. The van der Waals surface area contributed by atoms with Gasteiger partial charge in [0, 0.05) is 43.2 Å². The number of hydrogen-bond donors (Lipinski definition) is 2. The number of hydrogen-bond acceptors (Lipinski definition) is 9. The van der Waals surface area contributed by atoms with Crippen LogP contribution in [0, 0.1) is 5.41 Å². The van der Waals surface area contributed by atoms with E-state index in [1.54, 1.807) is 12.0 Å².